The molecule has 2 aliphatic heterocycles. The Morgan fingerprint density at radius 2 is 0.765 bits per heavy atom. The fraction of sp³-hybridized carbons (Fsp3) is 0.632. The lowest BCUT2D eigenvalue weighted by Crippen LogP contribution is -2.62. The third-order valence-electron chi connectivity index (χ3n) is 9.07. The second kappa shape index (κ2) is 24.6. The molecule has 2 N–H and O–H groups in total. The fourth-order valence-corrected chi connectivity index (χ4v) is 8.41. The largest absolute Gasteiger partial charge is 0.463 e. The number of ether oxygens (including phenoxy) is 10. The van der Waals surface area contributed by atoms with Crippen LogP contribution in [0.15, 0.2) is 29.2 Å². The van der Waals surface area contributed by atoms with E-state index in [0.29, 0.717) is 22.2 Å². The van der Waals surface area contributed by atoms with Gasteiger partial charge in [0.25, 0.3) is 11.1 Å². The number of carbonyl (C=O) groups is 8. The average molecular weight is 1000 g/mol. The average Bonchev–Trinajstić information content (AvgIpc) is 3.21. The van der Waals surface area contributed by atoms with E-state index >= 15 is 0 Å². The molecule has 30 heteroatoms. The molecule has 0 aliphatic carbocycles. The Morgan fingerprint density at radius 3 is 1.06 bits per heavy atom. The molecular weight excluding hydrogens is 957 g/mol. The van der Waals surface area contributed by atoms with Crippen molar-refractivity contribution in [3.63, 3.8) is 0 Å². The van der Waals surface area contributed by atoms with Gasteiger partial charge in [0.05, 0.1) is 0 Å². The van der Waals surface area contributed by atoms with Crippen molar-refractivity contribution in [3.8, 4) is 0 Å². The van der Waals surface area contributed by atoms with Gasteiger partial charge in [0.1, 0.15) is 25.4 Å². The maximum atomic E-state index is 13.2. The maximum Gasteiger partial charge on any atom is 0.347 e. The van der Waals surface area contributed by atoms with E-state index in [0.717, 1.165) is 78.9 Å². The number of aromatic amines is 2. The number of rotatable bonds is 19. The highest BCUT2D eigenvalue weighted by Crippen LogP contribution is 2.35. The summed E-state index contributed by atoms with van der Waals surface area (Å²) in [6, 6.07) is 0. The molecule has 2 fully saturated rings. The summed E-state index contributed by atoms with van der Waals surface area (Å²) in [5.41, 5.74) is -4.15. The molecule has 4 rings (SSSR count). The van der Waals surface area contributed by atoms with Gasteiger partial charge >= 0.3 is 59.1 Å². The minimum absolute atomic E-state index is 0.168. The van der Waals surface area contributed by atoms with Crippen molar-refractivity contribution in [1.29, 1.82) is 0 Å². The number of H-pyrrole nitrogens is 2. The van der Waals surface area contributed by atoms with Crippen LogP contribution in [0.25, 0.3) is 0 Å². The van der Waals surface area contributed by atoms with E-state index < -0.39 is 145 Å². The summed E-state index contributed by atoms with van der Waals surface area (Å²) in [6.07, 6.45) is -15.4. The molecule has 2 aliphatic rings. The SMILES string of the molecule is CC(=O)OCC1O[C@H](n2nc(SCCCCSc3nn([C@H]4OC(COC(C)=O)[C@@H](OC(C)=O)C(OC(C)=O)C4OC(C)=O)c(=O)[nH]c3=O)c(=O)[nH]c2=O)C(OC(C)=O)C(OC(C)=O)[C@@H]1OC(C)=O. The van der Waals surface area contributed by atoms with Crippen molar-refractivity contribution >= 4 is 71.3 Å². The van der Waals surface area contributed by atoms with Gasteiger partial charge in [-0.1, -0.05) is 23.5 Å². The molecule has 374 valence electrons. The zero-order chi connectivity index (χ0) is 50.6. The monoisotopic (exact) mass is 1000 g/mol. The van der Waals surface area contributed by atoms with Crippen molar-refractivity contribution < 1.29 is 85.7 Å². The van der Waals surface area contributed by atoms with Gasteiger partial charge in [0.2, 0.25) is 0 Å². The zero-order valence-corrected chi connectivity index (χ0v) is 39.2. The Balaban J connectivity index is 1.56. The van der Waals surface area contributed by atoms with Crippen LogP contribution in [0.5, 0.6) is 0 Å². The molecule has 0 spiro atoms. The van der Waals surface area contributed by atoms with Crippen LogP contribution in [0.3, 0.4) is 0 Å². The van der Waals surface area contributed by atoms with Crippen LogP contribution < -0.4 is 22.5 Å². The van der Waals surface area contributed by atoms with E-state index in [1.807, 2.05) is 0 Å². The molecule has 6 unspecified atom stereocenters. The van der Waals surface area contributed by atoms with Crippen LogP contribution >= 0.6 is 23.5 Å². The van der Waals surface area contributed by atoms with Crippen LogP contribution in [0, 0.1) is 0 Å². The van der Waals surface area contributed by atoms with Crippen molar-refractivity contribution in [2.24, 2.45) is 0 Å². The molecule has 0 bridgehead atoms. The highest BCUT2D eigenvalue weighted by atomic mass is 32.2. The van der Waals surface area contributed by atoms with E-state index in [1.165, 1.54) is 0 Å². The first kappa shape index (κ1) is 54.2. The van der Waals surface area contributed by atoms with Crippen molar-refractivity contribution in [1.82, 2.24) is 29.5 Å². The number of hydrogen-bond acceptors (Lipinski definition) is 26. The number of esters is 8. The zero-order valence-electron chi connectivity index (χ0n) is 37.6. The normalized spacial score (nSPS) is 24.4. The van der Waals surface area contributed by atoms with Crippen LogP contribution in [-0.2, 0) is 85.7 Å². The lowest BCUT2D eigenvalue weighted by Gasteiger charge is -2.44. The first-order chi connectivity index (χ1) is 32.0. The number of aromatic nitrogens is 6. The molecule has 0 radical (unpaired) electrons. The highest BCUT2D eigenvalue weighted by molar-refractivity contribution is 7.99. The van der Waals surface area contributed by atoms with Gasteiger partial charge in [0, 0.05) is 55.4 Å². The summed E-state index contributed by atoms with van der Waals surface area (Å²) in [6.45, 7) is 7.07. The molecule has 0 saturated carbocycles. The van der Waals surface area contributed by atoms with E-state index in [4.69, 9.17) is 47.4 Å². The lowest BCUT2D eigenvalue weighted by atomic mass is 9.97. The summed E-state index contributed by atoms with van der Waals surface area (Å²) >= 11 is 1.76. The quantitative estimate of drug-likeness (QED) is 0.0689. The number of nitrogens with one attached hydrogen (secondary N) is 2. The fourth-order valence-electron chi connectivity index (χ4n) is 6.67. The minimum atomic E-state index is -1.75. The smallest absolute Gasteiger partial charge is 0.347 e. The van der Waals surface area contributed by atoms with Crippen LogP contribution in [0.1, 0.15) is 80.7 Å². The van der Waals surface area contributed by atoms with E-state index in [2.05, 4.69) is 20.2 Å². The lowest BCUT2D eigenvalue weighted by molar-refractivity contribution is -0.271. The molecule has 4 heterocycles. The molecule has 28 nitrogen and oxygen atoms in total. The molecule has 0 aromatic carbocycles. The Labute approximate surface area is 391 Å². The summed E-state index contributed by atoms with van der Waals surface area (Å²) in [4.78, 5) is 153. The van der Waals surface area contributed by atoms with Gasteiger partial charge in [-0.15, -0.1) is 0 Å². The third kappa shape index (κ3) is 15.1. The Kier molecular flexibility index (Phi) is 19.6. The number of carbonyl (C=O) groups excluding carboxylic acids is 8. The van der Waals surface area contributed by atoms with Gasteiger partial charge in [0.15, 0.2) is 59.1 Å². The molecule has 68 heavy (non-hydrogen) atoms. The number of unbranched alkanes of at least 4 members (excludes halogenated alkanes) is 1. The molecule has 2 saturated heterocycles. The van der Waals surface area contributed by atoms with Gasteiger partial charge in [-0.05, 0) is 24.3 Å². The standard InChI is InChI=1S/C38H48N6O22S2/c1-15(45)57-13-23-25(59-17(3)47)27(61-19(5)49)29(63-21(7)51)35(65-23)43-37(55)39-31(53)33(41-43)67-11-9-10-12-68-34-32(54)40-38(56)44(42-34)36-30(64-22(8)52)28(62-20(6)50)26(60-18(4)48)24(66-36)14-58-16(2)46/h23-30,35-36H,9-14H2,1-8H3,(H,39,53,55)(H,40,54,56)/t23?,24?,25-,26-,27?,28?,29?,30?,35+,36+/m1/s1. The molecule has 0 amide bonds. The maximum absolute atomic E-state index is 13.2. The van der Waals surface area contributed by atoms with E-state index in [1.54, 1.807) is 0 Å². The predicted molar refractivity (Wildman–Crippen MR) is 223 cm³/mol. The summed E-state index contributed by atoms with van der Waals surface area (Å²) in [5, 5.41) is 7.74. The van der Waals surface area contributed by atoms with Crippen LogP contribution in [0.2, 0.25) is 0 Å². The molecule has 2 aromatic rings. The summed E-state index contributed by atoms with van der Waals surface area (Å²) in [7, 11) is 0. The van der Waals surface area contributed by atoms with Gasteiger partial charge in [-0.25, -0.2) is 9.59 Å². The van der Waals surface area contributed by atoms with E-state index in [9.17, 15) is 57.5 Å². The second-order valence-corrected chi connectivity index (χ2v) is 16.8. The van der Waals surface area contributed by atoms with Gasteiger partial charge in [-0.2, -0.15) is 19.6 Å². The highest BCUT2D eigenvalue weighted by Gasteiger charge is 2.55. The van der Waals surface area contributed by atoms with Crippen molar-refractivity contribution in [3.05, 3.63) is 41.7 Å². The minimum Gasteiger partial charge on any atom is -0.463 e. The predicted octanol–water partition coefficient (Wildman–Crippen LogP) is -1.65. The van der Waals surface area contributed by atoms with Gasteiger partial charge in [-0.3, -0.25) is 57.9 Å². The van der Waals surface area contributed by atoms with Crippen molar-refractivity contribution in [2.45, 2.75) is 140 Å². The van der Waals surface area contributed by atoms with E-state index in [-0.39, 0.29) is 21.6 Å². The van der Waals surface area contributed by atoms with Gasteiger partial charge < -0.3 is 47.4 Å². The number of nitrogens with zero attached hydrogens (tertiary/aromatic N) is 4. The van der Waals surface area contributed by atoms with Crippen LogP contribution in [0.4, 0.5) is 0 Å². The molecule has 2 aromatic heterocycles. The third-order valence-corrected chi connectivity index (χ3v) is 11.1. The first-order valence-corrected chi connectivity index (χ1v) is 22.3. The topological polar surface area (TPSA) is 364 Å². The Bertz CT molecular complexity index is 2300. The first-order valence-electron chi connectivity index (χ1n) is 20.3. The number of hydrogen-bond donors (Lipinski definition) is 2. The Morgan fingerprint density at radius 1 is 0.471 bits per heavy atom. The van der Waals surface area contributed by atoms with Crippen LogP contribution in [-0.4, -0.2) is 151 Å². The Hall–Kier alpha value is -6.40. The molecule has 10 atom stereocenters. The number of thioether (sulfide) groups is 2. The van der Waals surface area contributed by atoms with Crippen molar-refractivity contribution in [2.75, 3.05) is 24.7 Å². The summed E-state index contributed by atoms with van der Waals surface area (Å²) in [5.74, 6) is -6.69. The second-order valence-electron chi connectivity index (χ2n) is 14.6. The molecular formula is C38H48N6O22S2. The summed E-state index contributed by atoms with van der Waals surface area (Å²) < 4.78 is 55.7.